The van der Waals surface area contributed by atoms with Crippen LogP contribution in [0.25, 0.3) is 0 Å². The Morgan fingerprint density at radius 2 is 2.08 bits per heavy atom. The van der Waals surface area contributed by atoms with Crippen molar-refractivity contribution in [2.24, 2.45) is 0 Å². The number of carbonyl (C=O) groups excluding carboxylic acids is 1. The Morgan fingerprint density at radius 1 is 1.29 bits per heavy atom. The van der Waals surface area contributed by atoms with Crippen molar-refractivity contribution in [1.82, 2.24) is 10.2 Å². The monoisotopic (exact) mass is 344 g/mol. The van der Waals surface area contributed by atoms with Crippen molar-refractivity contribution >= 4 is 17.7 Å². The fourth-order valence-electron chi connectivity index (χ4n) is 2.95. The van der Waals surface area contributed by atoms with Crippen LogP contribution in [0, 0.1) is 5.82 Å². The van der Waals surface area contributed by atoms with Gasteiger partial charge in [0.05, 0.1) is 11.3 Å². The first kappa shape index (κ1) is 17.0. The van der Waals surface area contributed by atoms with E-state index in [1.165, 1.54) is 22.6 Å². The van der Waals surface area contributed by atoms with Crippen LogP contribution < -0.4 is 5.32 Å². The molecule has 3 nitrogen and oxygen atoms in total. The summed E-state index contributed by atoms with van der Waals surface area (Å²) in [5.74, 6) is -0.216. The number of fused-ring (bicyclic) bond motifs is 1. The number of halogens is 1. The fourth-order valence-corrected chi connectivity index (χ4v) is 4.17. The lowest BCUT2D eigenvalue weighted by molar-refractivity contribution is -0.120. The van der Waals surface area contributed by atoms with Gasteiger partial charge in [-0.05, 0) is 49.8 Å². The SMILES string of the molecule is CN(C)C(CNC(=O)C1Cc2ccccc2S1)c1cccc(F)c1. The Morgan fingerprint density at radius 3 is 2.79 bits per heavy atom. The highest BCUT2D eigenvalue weighted by Crippen LogP contribution is 2.36. The van der Waals surface area contributed by atoms with Gasteiger partial charge in [0.2, 0.25) is 5.91 Å². The summed E-state index contributed by atoms with van der Waals surface area (Å²) in [6.45, 7) is 0.461. The van der Waals surface area contributed by atoms with Gasteiger partial charge in [0, 0.05) is 11.4 Å². The number of likely N-dealkylation sites (N-methyl/N-ethyl adjacent to an activating group) is 1. The molecule has 0 aromatic heterocycles. The molecule has 2 unspecified atom stereocenters. The molecule has 1 aliphatic heterocycles. The van der Waals surface area contributed by atoms with Crippen LogP contribution in [0.2, 0.25) is 0 Å². The van der Waals surface area contributed by atoms with Gasteiger partial charge in [0.1, 0.15) is 5.82 Å². The molecule has 0 saturated carbocycles. The maximum atomic E-state index is 13.5. The molecule has 0 radical (unpaired) electrons. The van der Waals surface area contributed by atoms with E-state index in [0.29, 0.717) is 6.54 Å². The van der Waals surface area contributed by atoms with Crippen molar-refractivity contribution in [3.05, 3.63) is 65.5 Å². The lowest BCUT2D eigenvalue weighted by Crippen LogP contribution is -2.38. The van der Waals surface area contributed by atoms with Crippen LogP contribution in [0.4, 0.5) is 4.39 Å². The van der Waals surface area contributed by atoms with Crippen molar-refractivity contribution in [1.29, 1.82) is 0 Å². The minimum Gasteiger partial charge on any atom is -0.353 e. The number of carbonyl (C=O) groups is 1. The number of benzene rings is 2. The third kappa shape index (κ3) is 3.79. The van der Waals surface area contributed by atoms with Gasteiger partial charge in [-0.1, -0.05) is 30.3 Å². The minimum absolute atomic E-state index is 0.0412. The quantitative estimate of drug-likeness (QED) is 0.904. The predicted molar refractivity (Wildman–Crippen MR) is 95.6 cm³/mol. The lowest BCUT2D eigenvalue weighted by atomic mass is 10.1. The van der Waals surface area contributed by atoms with E-state index >= 15 is 0 Å². The molecule has 1 amide bonds. The molecular weight excluding hydrogens is 323 g/mol. The Hall–Kier alpha value is -1.85. The summed E-state index contributed by atoms with van der Waals surface area (Å²) >= 11 is 1.62. The van der Waals surface area contributed by atoms with Gasteiger partial charge in [0.15, 0.2) is 0 Å². The van der Waals surface area contributed by atoms with Gasteiger partial charge in [-0.3, -0.25) is 4.79 Å². The van der Waals surface area contributed by atoms with E-state index in [-0.39, 0.29) is 23.0 Å². The highest BCUT2D eigenvalue weighted by Gasteiger charge is 2.28. The highest BCUT2D eigenvalue weighted by molar-refractivity contribution is 8.01. The molecule has 0 bridgehead atoms. The lowest BCUT2D eigenvalue weighted by Gasteiger charge is -2.25. The molecule has 1 N–H and O–H groups in total. The van der Waals surface area contributed by atoms with Crippen molar-refractivity contribution in [2.45, 2.75) is 22.6 Å². The van der Waals surface area contributed by atoms with Crippen LogP contribution >= 0.6 is 11.8 Å². The highest BCUT2D eigenvalue weighted by atomic mass is 32.2. The second-order valence-corrected chi connectivity index (χ2v) is 7.44. The number of nitrogens with one attached hydrogen (secondary N) is 1. The molecule has 0 fully saturated rings. The molecule has 2 aromatic rings. The van der Waals surface area contributed by atoms with Crippen LogP contribution in [-0.4, -0.2) is 36.7 Å². The first-order valence-electron chi connectivity index (χ1n) is 7.99. The smallest absolute Gasteiger partial charge is 0.233 e. The number of amides is 1. The van der Waals surface area contributed by atoms with Crippen molar-refractivity contribution in [3.63, 3.8) is 0 Å². The van der Waals surface area contributed by atoms with E-state index in [4.69, 9.17) is 0 Å². The molecular formula is C19H21FN2OS. The number of thioether (sulfide) groups is 1. The van der Waals surface area contributed by atoms with Crippen LogP contribution in [0.5, 0.6) is 0 Å². The molecule has 3 rings (SSSR count). The zero-order valence-corrected chi connectivity index (χ0v) is 14.6. The number of rotatable bonds is 5. The number of nitrogens with zero attached hydrogens (tertiary/aromatic N) is 1. The Kier molecular flexibility index (Phi) is 5.21. The summed E-state index contributed by atoms with van der Waals surface area (Å²) in [4.78, 5) is 15.7. The summed E-state index contributed by atoms with van der Waals surface area (Å²) in [6, 6.07) is 14.6. The van der Waals surface area contributed by atoms with E-state index in [1.807, 2.05) is 37.2 Å². The van der Waals surface area contributed by atoms with Crippen LogP contribution in [-0.2, 0) is 11.2 Å². The molecule has 5 heteroatoms. The zero-order chi connectivity index (χ0) is 17.1. The molecule has 126 valence electrons. The van der Waals surface area contributed by atoms with Crippen molar-refractivity contribution in [3.8, 4) is 0 Å². The summed E-state index contributed by atoms with van der Waals surface area (Å²) < 4.78 is 13.5. The van der Waals surface area contributed by atoms with E-state index in [2.05, 4.69) is 17.4 Å². The van der Waals surface area contributed by atoms with Crippen LogP contribution in [0.3, 0.4) is 0 Å². The third-order valence-corrected chi connectivity index (χ3v) is 5.58. The normalized spacial score (nSPS) is 17.6. The fraction of sp³-hybridized carbons (Fsp3) is 0.316. The third-order valence-electron chi connectivity index (χ3n) is 4.27. The molecule has 1 aliphatic rings. The van der Waals surface area contributed by atoms with E-state index in [9.17, 15) is 9.18 Å². The summed E-state index contributed by atoms with van der Waals surface area (Å²) in [5.41, 5.74) is 2.10. The summed E-state index contributed by atoms with van der Waals surface area (Å²) in [5, 5.41) is 2.95. The second-order valence-electron chi connectivity index (χ2n) is 6.20. The van der Waals surface area contributed by atoms with Gasteiger partial charge in [-0.25, -0.2) is 4.39 Å². The molecule has 0 spiro atoms. The molecule has 2 atom stereocenters. The van der Waals surface area contributed by atoms with Gasteiger partial charge in [-0.15, -0.1) is 11.8 Å². The van der Waals surface area contributed by atoms with Crippen molar-refractivity contribution in [2.75, 3.05) is 20.6 Å². The van der Waals surface area contributed by atoms with Gasteiger partial charge < -0.3 is 10.2 Å². The Balaban J connectivity index is 1.62. The maximum Gasteiger partial charge on any atom is 0.233 e. The Labute approximate surface area is 146 Å². The predicted octanol–water partition coefficient (Wildman–Crippen LogP) is 3.26. The van der Waals surface area contributed by atoms with Crippen LogP contribution in [0.1, 0.15) is 17.2 Å². The molecule has 1 heterocycles. The van der Waals surface area contributed by atoms with E-state index in [1.54, 1.807) is 17.8 Å². The topological polar surface area (TPSA) is 32.3 Å². The minimum atomic E-state index is -0.257. The maximum absolute atomic E-state index is 13.5. The summed E-state index contributed by atoms with van der Waals surface area (Å²) in [7, 11) is 3.86. The first-order valence-corrected chi connectivity index (χ1v) is 8.86. The number of hydrogen-bond acceptors (Lipinski definition) is 3. The molecule has 0 aliphatic carbocycles. The average molecular weight is 344 g/mol. The Bertz CT molecular complexity index is 710. The first-order chi connectivity index (χ1) is 11.5. The second kappa shape index (κ2) is 7.36. The average Bonchev–Trinajstić information content (AvgIpc) is 2.99. The molecule has 2 aromatic carbocycles. The van der Waals surface area contributed by atoms with Crippen LogP contribution in [0.15, 0.2) is 53.4 Å². The molecule has 24 heavy (non-hydrogen) atoms. The van der Waals surface area contributed by atoms with E-state index < -0.39 is 0 Å². The largest absolute Gasteiger partial charge is 0.353 e. The van der Waals surface area contributed by atoms with Gasteiger partial charge >= 0.3 is 0 Å². The van der Waals surface area contributed by atoms with Gasteiger partial charge in [0.25, 0.3) is 0 Å². The number of hydrogen-bond donors (Lipinski definition) is 1. The molecule has 0 saturated heterocycles. The standard InChI is InChI=1S/C19H21FN2OS/c1-22(2)16(13-7-5-8-15(20)10-13)12-21-19(23)18-11-14-6-3-4-9-17(14)24-18/h3-10,16,18H,11-12H2,1-2H3,(H,21,23). The summed E-state index contributed by atoms with van der Waals surface area (Å²) in [6.07, 6.45) is 0.763. The zero-order valence-electron chi connectivity index (χ0n) is 13.8. The van der Waals surface area contributed by atoms with Gasteiger partial charge in [-0.2, -0.15) is 0 Å². The van der Waals surface area contributed by atoms with E-state index in [0.717, 1.165) is 12.0 Å². The van der Waals surface area contributed by atoms with Crippen molar-refractivity contribution < 1.29 is 9.18 Å².